The van der Waals surface area contributed by atoms with Gasteiger partial charge in [0.2, 0.25) is 0 Å². The molecule has 2 aromatic heterocycles. The van der Waals surface area contributed by atoms with E-state index in [4.69, 9.17) is 4.42 Å². The van der Waals surface area contributed by atoms with Crippen molar-refractivity contribution in [3.8, 4) is 0 Å². The quantitative estimate of drug-likeness (QED) is 0.523. The molecule has 28 heavy (non-hydrogen) atoms. The lowest BCUT2D eigenvalue weighted by atomic mass is 10.1. The molecule has 0 spiro atoms. The molecule has 0 aliphatic carbocycles. The highest BCUT2D eigenvalue weighted by atomic mass is 32.1. The van der Waals surface area contributed by atoms with E-state index in [0.29, 0.717) is 6.04 Å². The van der Waals surface area contributed by atoms with E-state index in [2.05, 4.69) is 63.1 Å². The minimum Gasteiger partial charge on any atom is -0.468 e. The van der Waals surface area contributed by atoms with Crippen LogP contribution < -0.4 is 10.6 Å². The Balaban J connectivity index is 1.58. The van der Waals surface area contributed by atoms with Crippen molar-refractivity contribution < 1.29 is 4.42 Å². The van der Waals surface area contributed by atoms with Crippen LogP contribution in [-0.4, -0.2) is 63.1 Å². The topological polar surface area (TPSA) is 56.0 Å². The van der Waals surface area contributed by atoms with E-state index < -0.39 is 0 Å². The lowest BCUT2D eigenvalue weighted by molar-refractivity contribution is 0.146. The Morgan fingerprint density at radius 1 is 1.18 bits per heavy atom. The van der Waals surface area contributed by atoms with Crippen molar-refractivity contribution in [1.82, 2.24) is 20.4 Å². The van der Waals surface area contributed by atoms with Gasteiger partial charge in [0, 0.05) is 25.0 Å². The molecule has 3 heterocycles. The molecule has 7 heteroatoms. The predicted molar refractivity (Wildman–Crippen MR) is 117 cm³/mol. The zero-order valence-electron chi connectivity index (χ0n) is 17.2. The lowest BCUT2D eigenvalue weighted by Gasteiger charge is -2.34. The molecule has 1 aliphatic rings. The van der Waals surface area contributed by atoms with E-state index >= 15 is 0 Å². The third kappa shape index (κ3) is 5.59. The fourth-order valence-electron chi connectivity index (χ4n) is 3.75. The van der Waals surface area contributed by atoms with Gasteiger partial charge in [0.05, 0.1) is 18.3 Å². The maximum Gasteiger partial charge on any atom is 0.191 e. The van der Waals surface area contributed by atoms with Gasteiger partial charge in [0.15, 0.2) is 5.96 Å². The molecule has 2 N–H and O–H groups in total. The van der Waals surface area contributed by atoms with Gasteiger partial charge < -0.3 is 20.0 Å². The van der Waals surface area contributed by atoms with E-state index in [9.17, 15) is 0 Å². The van der Waals surface area contributed by atoms with Crippen molar-refractivity contribution in [1.29, 1.82) is 0 Å². The van der Waals surface area contributed by atoms with Crippen LogP contribution in [0.15, 0.2) is 45.3 Å². The first-order valence-corrected chi connectivity index (χ1v) is 11.0. The summed E-state index contributed by atoms with van der Waals surface area (Å²) in [7, 11) is 6.06. The number of likely N-dealkylation sites (N-methyl/N-ethyl adjacent to an activating group) is 1. The van der Waals surface area contributed by atoms with Gasteiger partial charge in [0.25, 0.3) is 0 Å². The Morgan fingerprint density at radius 2 is 1.96 bits per heavy atom. The Labute approximate surface area is 172 Å². The van der Waals surface area contributed by atoms with Gasteiger partial charge >= 0.3 is 0 Å². The van der Waals surface area contributed by atoms with Gasteiger partial charge in [-0.2, -0.15) is 0 Å². The third-order valence-electron chi connectivity index (χ3n) is 5.35. The van der Waals surface area contributed by atoms with E-state index in [1.165, 1.54) is 24.1 Å². The number of nitrogens with zero attached hydrogens (tertiary/aromatic N) is 3. The smallest absolute Gasteiger partial charge is 0.191 e. The molecule has 1 fully saturated rings. The van der Waals surface area contributed by atoms with Crippen LogP contribution in [0.3, 0.4) is 0 Å². The van der Waals surface area contributed by atoms with Crippen LogP contribution in [0.4, 0.5) is 0 Å². The summed E-state index contributed by atoms with van der Waals surface area (Å²) in [5, 5.41) is 9.14. The summed E-state index contributed by atoms with van der Waals surface area (Å²) in [4.78, 5) is 10.6. The SMILES string of the molecule is CN=C(NCC(c1cccs1)N(C)C)NCC(c1ccco1)N1CCCCC1. The van der Waals surface area contributed by atoms with Crippen molar-refractivity contribution in [2.45, 2.75) is 31.3 Å². The second kappa shape index (κ2) is 10.6. The summed E-state index contributed by atoms with van der Waals surface area (Å²) in [5.41, 5.74) is 0. The van der Waals surface area contributed by atoms with Crippen LogP contribution in [0.1, 0.15) is 42.0 Å². The first-order valence-electron chi connectivity index (χ1n) is 10.1. The number of rotatable bonds is 8. The summed E-state index contributed by atoms with van der Waals surface area (Å²) >= 11 is 1.79. The molecule has 2 unspecified atom stereocenters. The summed E-state index contributed by atoms with van der Waals surface area (Å²) in [6.45, 7) is 3.83. The molecule has 3 rings (SSSR count). The zero-order chi connectivity index (χ0) is 19.8. The summed E-state index contributed by atoms with van der Waals surface area (Å²) in [6, 6.07) is 8.90. The fraction of sp³-hybridized carbons (Fsp3) is 0.571. The average Bonchev–Trinajstić information content (AvgIpc) is 3.42. The number of thiophene rings is 1. The van der Waals surface area contributed by atoms with Crippen LogP contribution in [0.2, 0.25) is 0 Å². The zero-order valence-corrected chi connectivity index (χ0v) is 18.0. The number of hydrogen-bond donors (Lipinski definition) is 2. The number of likely N-dealkylation sites (tertiary alicyclic amines) is 1. The van der Waals surface area contributed by atoms with Crippen molar-refractivity contribution in [3.63, 3.8) is 0 Å². The monoisotopic (exact) mass is 403 g/mol. The molecule has 0 saturated carbocycles. The minimum absolute atomic E-state index is 0.232. The van der Waals surface area contributed by atoms with Crippen LogP contribution in [-0.2, 0) is 0 Å². The van der Waals surface area contributed by atoms with Crippen LogP contribution in [0.25, 0.3) is 0 Å². The van der Waals surface area contributed by atoms with Crippen molar-refractivity contribution >= 4 is 17.3 Å². The standard InChI is InChI=1S/C21H33N5OS/c1-22-21(24-16-18(25(2)3)20-10-8-14-28-20)23-15-17(19-9-7-13-27-19)26-11-5-4-6-12-26/h7-10,13-14,17-18H,4-6,11-12,15-16H2,1-3H3,(H2,22,23,24). The molecule has 0 radical (unpaired) electrons. The van der Waals surface area contributed by atoms with Gasteiger partial charge in [-0.05, 0) is 63.6 Å². The molecule has 1 aliphatic heterocycles. The Morgan fingerprint density at radius 3 is 2.57 bits per heavy atom. The maximum atomic E-state index is 5.75. The van der Waals surface area contributed by atoms with Gasteiger partial charge in [0.1, 0.15) is 5.76 Å². The van der Waals surface area contributed by atoms with Crippen LogP contribution >= 0.6 is 11.3 Å². The lowest BCUT2D eigenvalue weighted by Crippen LogP contribution is -2.46. The van der Waals surface area contributed by atoms with E-state index in [0.717, 1.165) is 37.9 Å². The van der Waals surface area contributed by atoms with Crippen molar-refractivity contribution in [2.75, 3.05) is 47.3 Å². The van der Waals surface area contributed by atoms with Gasteiger partial charge in [-0.1, -0.05) is 12.5 Å². The summed E-state index contributed by atoms with van der Waals surface area (Å²) in [5.74, 6) is 1.85. The van der Waals surface area contributed by atoms with E-state index in [-0.39, 0.29) is 6.04 Å². The molecule has 0 amide bonds. The Hall–Kier alpha value is -1.83. The van der Waals surface area contributed by atoms with Gasteiger partial charge in [-0.15, -0.1) is 11.3 Å². The number of furan rings is 1. The second-order valence-electron chi connectivity index (χ2n) is 7.46. The number of aliphatic imine (C=N–C) groups is 1. The molecular formula is C21H33N5OS. The maximum absolute atomic E-state index is 5.75. The molecule has 154 valence electrons. The Bertz CT molecular complexity index is 692. The molecule has 0 aromatic carbocycles. The largest absolute Gasteiger partial charge is 0.468 e. The van der Waals surface area contributed by atoms with Gasteiger partial charge in [-0.3, -0.25) is 9.89 Å². The van der Waals surface area contributed by atoms with Crippen LogP contribution in [0, 0.1) is 0 Å². The second-order valence-corrected chi connectivity index (χ2v) is 8.44. The normalized spacial score (nSPS) is 18.2. The minimum atomic E-state index is 0.232. The molecule has 2 atom stereocenters. The Kier molecular flexibility index (Phi) is 7.94. The van der Waals surface area contributed by atoms with Crippen molar-refractivity contribution in [2.24, 2.45) is 4.99 Å². The summed E-state index contributed by atoms with van der Waals surface area (Å²) in [6.07, 6.45) is 5.61. The third-order valence-corrected chi connectivity index (χ3v) is 6.32. The highest BCUT2D eigenvalue weighted by Gasteiger charge is 2.25. The number of hydrogen-bond acceptors (Lipinski definition) is 5. The fourth-order valence-corrected chi connectivity index (χ4v) is 4.67. The first kappa shape index (κ1) is 20.9. The molecule has 2 aromatic rings. The van der Waals surface area contributed by atoms with Crippen LogP contribution in [0.5, 0.6) is 0 Å². The average molecular weight is 404 g/mol. The highest BCUT2D eigenvalue weighted by Crippen LogP contribution is 2.25. The highest BCUT2D eigenvalue weighted by molar-refractivity contribution is 7.10. The first-order chi connectivity index (χ1) is 13.7. The molecule has 1 saturated heterocycles. The molecular weight excluding hydrogens is 370 g/mol. The molecule has 0 bridgehead atoms. The number of guanidine groups is 1. The van der Waals surface area contributed by atoms with Crippen molar-refractivity contribution in [3.05, 3.63) is 46.5 Å². The van der Waals surface area contributed by atoms with Gasteiger partial charge in [-0.25, -0.2) is 0 Å². The molecule has 6 nitrogen and oxygen atoms in total. The number of nitrogens with one attached hydrogen (secondary N) is 2. The van der Waals surface area contributed by atoms with E-state index in [1.807, 2.05) is 13.1 Å². The van der Waals surface area contributed by atoms with E-state index in [1.54, 1.807) is 17.6 Å². The predicted octanol–water partition coefficient (Wildman–Crippen LogP) is 3.34. The number of piperidine rings is 1. The summed E-state index contributed by atoms with van der Waals surface area (Å²) < 4.78 is 5.75.